The molecule has 0 radical (unpaired) electrons. The van der Waals surface area contributed by atoms with Crippen molar-refractivity contribution in [1.82, 2.24) is 5.32 Å². The summed E-state index contributed by atoms with van der Waals surface area (Å²) in [4.78, 5) is 23.5. The Hall–Kier alpha value is -1.26. The molecular weight excluding hydrogens is 430 g/mol. The molecule has 9 heteroatoms. The van der Waals surface area contributed by atoms with Crippen LogP contribution in [0.2, 0.25) is 0 Å². The molecule has 0 unspecified atom stereocenters. The van der Waals surface area contributed by atoms with Crippen molar-refractivity contribution < 1.29 is 39.9 Å². The van der Waals surface area contributed by atoms with E-state index in [-0.39, 0.29) is 19.1 Å². The maximum absolute atomic E-state index is 11.8. The van der Waals surface area contributed by atoms with Crippen LogP contribution in [0.25, 0.3) is 0 Å². The lowest BCUT2D eigenvalue weighted by molar-refractivity contribution is -0.170. The second-order valence-electron chi connectivity index (χ2n) is 8.69. The Morgan fingerprint density at radius 1 is 0.758 bits per heavy atom. The summed E-state index contributed by atoms with van der Waals surface area (Å²) in [6.07, 6.45) is 8.77. The highest BCUT2D eigenvalue weighted by molar-refractivity contribution is 5.76. The third kappa shape index (κ3) is 16.9. The molecule has 0 bridgehead atoms. The highest BCUT2D eigenvalue weighted by Gasteiger charge is 2.35. The van der Waals surface area contributed by atoms with Gasteiger partial charge in [-0.1, -0.05) is 84.0 Å². The first-order valence-electron chi connectivity index (χ1n) is 12.6. The van der Waals surface area contributed by atoms with Crippen molar-refractivity contribution in [2.24, 2.45) is 0 Å². The maximum Gasteiger partial charge on any atom is 0.337 e. The van der Waals surface area contributed by atoms with E-state index in [1.54, 1.807) is 0 Å². The number of carbonyl (C=O) groups excluding carboxylic acids is 2. The summed E-state index contributed by atoms with van der Waals surface area (Å²) < 4.78 is 4.74. The number of amides is 1. The molecule has 0 saturated carbocycles. The SMILES string of the molecule is CCCCCCCCCCCCCCCC(=O)NCCOC(=O)[C@H](O)[C@@H](O)[C@H](O)[C@@H](O)CO. The standard InChI is InChI=1S/C24H47NO8/c1-2-3-4-5-6-7-8-9-10-11-12-13-14-15-20(28)25-16-17-33-24(32)23(31)22(30)21(29)19(27)18-26/h19,21-23,26-27,29-31H,2-18H2,1H3,(H,25,28)/t19-,21+,22-,23+/m0/s1. The van der Waals surface area contributed by atoms with Crippen LogP contribution in [-0.2, 0) is 14.3 Å². The van der Waals surface area contributed by atoms with Crippen LogP contribution in [0.4, 0.5) is 0 Å². The minimum atomic E-state index is -2.08. The van der Waals surface area contributed by atoms with Gasteiger partial charge in [-0.05, 0) is 6.42 Å². The summed E-state index contributed by atoms with van der Waals surface area (Å²) in [5.74, 6) is -1.34. The van der Waals surface area contributed by atoms with Crippen LogP contribution in [-0.4, -0.2) is 81.6 Å². The van der Waals surface area contributed by atoms with E-state index in [2.05, 4.69) is 12.2 Å². The number of aliphatic hydroxyl groups excluding tert-OH is 5. The maximum atomic E-state index is 11.8. The summed E-state index contributed by atoms with van der Waals surface area (Å²) in [6, 6.07) is 0. The first-order chi connectivity index (χ1) is 15.8. The Balaban J connectivity index is 3.60. The van der Waals surface area contributed by atoms with Crippen LogP contribution >= 0.6 is 0 Å². The van der Waals surface area contributed by atoms with Crippen LogP contribution in [0.15, 0.2) is 0 Å². The van der Waals surface area contributed by atoms with E-state index >= 15 is 0 Å². The Kier molecular flexibility index (Phi) is 20.5. The molecule has 0 aromatic carbocycles. The third-order valence-corrected chi connectivity index (χ3v) is 5.67. The van der Waals surface area contributed by atoms with E-state index < -0.39 is 37.0 Å². The van der Waals surface area contributed by atoms with Gasteiger partial charge in [0.05, 0.1) is 13.2 Å². The predicted octanol–water partition coefficient (Wildman–Crippen LogP) is 1.56. The van der Waals surface area contributed by atoms with Crippen LogP contribution in [0.5, 0.6) is 0 Å². The topological polar surface area (TPSA) is 157 Å². The average molecular weight is 478 g/mol. The molecule has 4 atom stereocenters. The molecular formula is C24H47NO8. The van der Waals surface area contributed by atoms with Crippen molar-refractivity contribution >= 4 is 11.9 Å². The predicted molar refractivity (Wildman–Crippen MR) is 125 cm³/mol. The Morgan fingerprint density at radius 3 is 1.73 bits per heavy atom. The number of unbranched alkanes of at least 4 members (excludes halogenated alkanes) is 12. The van der Waals surface area contributed by atoms with Gasteiger partial charge < -0.3 is 35.6 Å². The molecule has 0 aliphatic rings. The van der Waals surface area contributed by atoms with Gasteiger partial charge in [0.15, 0.2) is 6.10 Å². The van der Waals surface area contributed by atoms with Crippen molar-refractivity contribution in [1.29, 1.82) is 0 Å². The average Bonchev–Trinajstić information content (AvgIpc) is 2.82. The number of aliphatic hydroxyl groups is 5. The fraction of sp³-hybridized carbons (Fsp3) is 0.917. The Labute approximate surface area is 198 Å². The first kappa shape index (κ1) is 31.7. The monoisotopic (exact) mass is 477 g/mol. The molecule has 0 spiro atoms. The smallest absolute Gasteiger partial charge is 0.337 e. The normalized spacial score (nSPS) is 15.0. The zero-order valence-corrected chi connectivity index (χ0v) is 20.3. The van der Waals surface area contributed by atoms with Crippen molar-refractivity contribution in [2.75, 3.05) is 19.8 Å². The Bertz CT molecular complexity index is 491. The molecule has 9 nitrogen and oxygen atoms in total. The van der Waals surface area contributed by atoms with Gasteiger partial charge in [-0.25, -0.2) is 4.79 Å². The minimum Gasteiger partial charge on any atom is -0.462 e. The van der Waals surface area contributed by atoms with Gasteiger partial charge >= 0.3 is 5.97 Å². The molecule has 0 aromatic heterocycles. The summed E-state index contributed by atoms with van der Waals surface area (Å²) in [5, 5.41) is 49.3. The highest BCUT2D eigenvalue weighted by atomic mass is 16.5. The number of hydrogen-bond donors (Lipinski definition) is 6. The minimum absolute atomic E-state index is 0.0631. The van der Waals surface area contributed by atoms with Crippen molar-refractivity contribution in [3.8, 4) is 0 Å². The quantitative estimate of drug-likeness (QED) is 0.101. The van der Waals surface area contributed by atoms with Crippen molar-refractivity contribution in [3.63, 3.8) is 0 Å². The molecule has 0 rings (SSSR count). The highest BCUT2D eigenvalue weighted by Crippen LogP contribution is 2.13. The molecule has 196 valence electrons. The van der Waals surface area contributed by atoms with Gasteiger partial charge in [0.2, 0.25) is 5.91 Å². The van der Waals surface area contributed by atoms with Crippen LogP contribution in [0, 0.1) is 0 Å². The van der Waals surface area contributed by atoms with E-state index in [1.165, 1.54) is 64.2 Å². The largest absolute Gasteiger partial charge is 0.462 e. The number of rotatable bonds is 22. The van der Waals surface area contributed by atoms with E-state index in [0.717, 1.165) is 19.3 Å². The first-order valence-corrected chi connectivity index (χ1v) is 12.6. The molecule has 6 N–H and O–H groups in total. The molecule has 0 heterocycles. The molecule has 1 amide bonds. The van der Waals surface area contributed by atoms with E-state index in [1.807, 2.05) is 0 Å². The summed E-state index contributed by atoms with van der Waals surface area (Å²) in [5.41, 5.74) is 0. The van der Waals surface area contributed by atoms with Gasteiger partial charge in [-0.2, -0.15) is 0 Å². The summed E-state index contributed by atoms with van der Waals surface area (Å²) >= 11 is 0. The van der Waals surface area contributed by atoms with Crippen molar-refractivity contribution in [2.45, 2.75) is 121 Å². The lowest BCUT2D eigenvalue weighted by Crippen LogP contribution is -2.49. The Morgan fingerprint density at radius 2 is 1.24 bits per heavy atom. The molecule has 0 saturated heterocycles. The summed E-state index contributed by atoms with van der Waals surface area (Å²) in [7, 11) is 0. The second kappa shape index (κ2) is 21.3. The van der Waals surface area contributed by atoms with Crippen LogP contribution < -0.4 is 5.32 Å². The van der Waals surface area contributed by atoms with Gasteiger partial charge in [0.1, 0.15) is 24.9 Å². The zero-order valence-electron chi connectivity index (χ0n) is 20.3. The number of carbonyl (C=O) groups is 2. The zero-order chi connectivity index (χ0) is 24.9. The fourth-order valence-electron chi connectivity index (χ4n) is 3.48. The van der Waals surface area contributed by atoms with Gasteiger partial charge in [-0.15, -0.1) is 0 Å². The van der Waals surface area contributed by atoms with Crippen molar-refractivity contribution in [3.05, 3.63) is 0 Å². The number of nitrogens with one attached hydrogen (secondary N) is 1. The molecule has 33 heavy (non-hydrogen) atoms. The molecule has 0 fully saturated rings. The van der Waals surface area contributed by atoms with E-state index in [4.69, 9.17) is 9.84 Å². The van der Waals surface area contributed by atoms with E-state index in [0.29, 0.717) is 6.42 Å². The van der Waals surface area contributed by atoms with Gasteiger partial charge in [0.25, 0.3) is 0 Å². The molecule has 0 aliphatic heterocycles. The summed E-state index contributed by atoms with van der Waals surface area (Å²) in [6.45, 7) is 1.25. The molecule has 0 aliphatic carbocycles. The third-order valence-electron chi connectivity index (χ3n) is 5.67. The lowest BCUT2D eigenvalue weighted by Gasteiger charge is -2.24. The van der Waals surface area contributed by atoms with Crippen LogP contribution in [0.3, 0.4) is 0 Å². The lowest BCUT2D eigenvalue weighted by atomic mass is 10.0. The molecule has 0 aromatic rings. The number of ether oxygens (including phenoxy) is 1. The second-order valence-corrected chi connectivity index (χ2v) is 8.69. The van der Waals surface area contributed by atoms with E-state index in [9.17, 15) is 30.0 Å². The fourth-order valence-corrected chi connectivity index (χ4v) is 3.48. The van der Waals surface area contributed by atoms with Gasteiger partial charge in [-0.3, -0.25) is 4.79 Å². The van der Waals surface area contributed by atoms with Gasteiger partial charge in [0, 0.05) is 6.42 Å². The number of esters is 1. The van der Waals surface area contributed by atoms with Crippen LogP contribution in [0.1, 0.15) is 96.8 Å². The number of hydrogen-bond acceptors (Lipinski definition) is 8.